The van der Waals surface area contributed by atoms with Crippen LogP contribution in [0.3, 0.4) is 0 Å². The van der Waals surface area contributed by atoms with E-state index >= 15 is 0 Å². The van der Waals surface area contributed by atoms with Crippen molar-refractivity contribution < 1.29 is 0 Å². The molecule has 0 heterocycles. The van der Waals surface area contributed by atoms with Gasteiger partial charge < -0.3 is 0 Å². The maximum atomic E-state index is 2.46. The minimum atomic E-state index is 0.928. The molecule has 0 bridgehead atoms. The summed E-state index contributed by atoms with van der Waals surface area (Å²) in [5.41, 5.74) is 0. The first-order chi connectivity index (χ1) is 6.79. The Morgan fingerprint density at radius 3 is 2.50 bits per heavy atom. The van der Waals surface area contributed by atoms with Crippen LogP contribution in [-0.4, -0.2) is 23.5 Å². The molecule has 84 valence electrons. The zero-order valence-corrected chi connectivity index (χ0v) is 11.4. The van der Waals surface area contributed by atoms with Gasteiger partial charge in [0.2, 0.25) is 0 Å². The zero-order valence-electron chi connectivity index (χ0n) is 9.79. The summed E-state index contributed by atoms with van der Waals surface area (Å²) in [4.78, 5) is 0. The van der Waals surface area contributed by atoms with E-state index in [9.17, 15) is 0 Å². The van der Waals surface area contributed by atoms with Gasteiger partial charge in [-0.1, -0.05) is 26.2 Å². The van der Waals surface area contributed by atoms with Crippen LogP contribution in [0.1, 0.15) is 39.0 Å². The van der Waals surface area contributed by atoms with Crippen molar-refractivity contribution in [3.8, 4) is 0 Å². The van der Waals surface area contributed by atoms with Crippen LogP contribution in [0.25, 0.3) is 0 Å². The van der Waals surface area contributed by atoms with E-state index < -0.39 is 0 Å². The first-order valence-corrected chi connectivity index (χ1v) is 8.49. The monoisotopic (exact) mass is 232 g/mol. The average molecular weight is 232 g/mol. The van der Waals surface area contributed by atoms with Crippen molar-refractivity contribution in [2.45, 2.75) is 44.3 Å². The highest BCUT2D eigenvalue weighted by Crippen LogP contribution is 2.37. The molecular weight excluding hydrogens is 208 g/mol. The Morgan fingerprint density at radius 2 is 1.93 bits per heavy atom. The SMILES string of the molecule is CSCCC(SC)C1CCCCC1C. The van der Waals surface area contributed by atoms with Crippen molar-refractivity contribution in [2.75, 3.05) is 18.3 Å². The second-order valence-corrected chi connectivity index (χ2v) is 6.54. The van der Waals surface area contributed by atoms with Gasteiger partial charge >= 0.3 is 0 Å². The molecule has 3 unspecified atom stereocenters. The summed E-state index contributed by atoms with van der Waals surface area (Å²) in [7, 11) is 0. The molecule has 0 aromatic rings. The Balaban J connectivity index is 2.40. The molecule has 0 aromatic heterocycles. The molecule has 14 heavy (non-hydrogen) atoms. The van der Waals surface area contributed by atoms with Crippen molar-refractivity contribution in [1.29, 1.82) is 0 Å². The normalized spacial score (nSPS) is 30.2. The van der Waals surface area contributed by atoms with E-state index in [0.717, 1.165) is 17.1 Å². The molecule has 0 spiro atoms. The quantitative estimate of drug-likeness (QED) is 0.693. The van der Waals surface area contributed by atoms with E-state index in [4.69, 9.17) is 0 Å². The summed E-state index contributed by atoms with van der Waals surface area (Å²) in [6.45, 7) is 2.46. The molecule has 0 aromatic carbocycles. The molecule has 1 aliphatic carbocycles. The summed E-state index contributed by atoms with van der Waals surface area (Å²) in [5, 5.41) is 0.928. The largest absolute Gasteiger partial charge is 0.165 e. The summed E-state index contributed by atoms with van der Waals surface area (Å²) in [6.07, 6.45) is 11.8. The molecule has 1 saturated carbocycles. The Hall–Kier alpha value is 0.700. The minimum Gasteiger partial charge on any atom is -0.165 e. The predicted octanol–water partition coefficient (Wildman–Crippen LogP) is 4.30. The predicted molar refractivity (Wildman–Crippen MR) is 71.4 cm³/mol. The van der Waals surface area contributed by atoms with Crippen molar-refractivity contribution >= 4 is 23.5 Å². The van der Waals surface area contributed by atoms with Gasteiger partial charge in [0, 0.05) is 5.25 Å². The molecule has 2 heteroatoms. The lowest BCUT2D eigenvalue weighted by Gasteiger charge is -2.34. The van der Waals surface area contributed by atoms with Crippen molar-refractivity contribution in [3.05, 3.63) is 0 Å². The smallest absolute Gasteiger partial charge is 0.00829 e. The molecule has 1 rings (SSSR count). The van der Waals surface area contributed by atoms with Gasteiger partial charge in [-0.3, -0.25) is 0 Å². The van der Waals surface area contributed by atoms with Gasteiger partial charge in [0.1, 0.15) is 0 Å². The molecular formula is C12H24S2. The summed E-state index contributed by atoms with van der Waals surface area (Å²) in [6, 6.07) is 0. The zero-order chi connectivity index (χ0) is 10.4. The molecule has 1 aliphatic rings. The molecule has 3 atom stereocenters. The third-order valence-electron chi connectivity index (χ3n) is 3.56. The molecule has 0 N–H and O–H groups in total. The molecule has 0 saturated heterocycles. The van der Waals surface area contributed by atoms with Crippen LogP contribution in [-0.2, 0) is 0 Å². The molecule has 0 amide bonds. The lowest BCUT2D eigenvalue weighted by molar-refractivity contribution is 0.248. The third kappa shape index (κ3) is 3.69. The van der Waals surface area contributed by atoms with Crippen LogP contribution >= 0.6 is 23.5 Å². The number of hydrogen-bond acceptors (Lipinski definition) is 2. The lowest BCUT2D eigenvalue weighted by atomic mass is 9.78. The van der Waals surface area contributed by atoms with Gasteiger partial charge in [-0.15, -0.1) is 0 Å². The highest BCUT2D eigenvalue weighted by Gasteiger charge is 2.27. The first kappa shape index (κ1) is 12.8. The van der Waals surface area contributed by atoms with Crippen LogP contribution in [0, 0.1) is 11.8 Å². The Bertz CT molecular complexity index is 147. The lowest BCUT2D eigenvalue weighted by Crippen LogP contribution is -2.27. The first-order valence-electron chi connectivity index (χ1n) is 5.81. The maximum Gasteiger partial charge on any atom is 0.00829 e. The van der Waals surface area contributed by atoms with Crippen LogP contribution < -0.4 is 0 Å². The third-order valence-corrected chi connectivity index (χ3v) is 5.40. The summed E-state index contributed by atoms with van der Waals surface area (Å²) in [5.74, 6) is 3.32. The minimum absolute atomic E-state index is 0.928. The summed E-state index contributed by atoms with van der Waals surface area (Å²) >= 11 is 4.10. The van der Waals surface area contributed by atoms with Gasteiger partial charge in [-0.25, -0.2) is 0 Å². The maximum absolute atomic E-state index is 2.46. The number of hydrogen-bond donors (Lipinski definition) is 0. The van der Waals surface area contributed by atoms with E-state index in [0.29, 0.717) is 0 Å². The highest BCUT2D eigenvalue weighted by atomic mass is 32.2. The second-order valence-electron chi connectivity index (χ2n) is 4.48. The van der Waals surface area contributed by atoms with Crippen LogP contribution in [0.4, 0.5) is 0 Å². The van der Waals surface area contributed by atoms with Gasteiger partial charge in [-0.2, -0.15) is 23.5 Å². The average Bonchev–Trinajstić information content (AvgIpc) is 2.21. The Morgan fingerprint density at radius 1 is 1.21 bits per heavy atom. The molecule has 0 nitrogen and oxygen atoms in total. The van der Waals surface area contributed by atoms with Crippen molar-refractivity contribution in [2.24, 2.45) is 11.8 Å². The fraction of sp³-hybridized carbons (Fsp3) is 1.00. The van der Waals surface area contributed by atoms with E-state index in [1.165, 1.54) is 37.9 Å². The van der Waals surface area contributed by atoms with Crippen LogP contribution in [0.15, 0.2) is 0 Å². The van der Waals surface area contributed by atoms with E-state index in [1.807, 2.05) is 11.8 Å². The van der Waals surface area contributed by atoms with Gasteiger partial charge in [0.25, 0.3) is 0 Å². The fourth-order valence-corrected chi connectivity index (χ4v) is 4.38. The second kappa shape index (κ2) is 7.05. The number of rotatable bonds is 5. The molecule has 0 aliphatic heterocycles. The van der Waals surface area contributed by atoms with Gasteiger partial charge in [0.15, 0.2) is 0 Å². The van der Waals surface area contributed by atoms with Crippen molar-refractivity contribution in [1.82, 2.24) is 0 Å². The standard InChI is InChI=1S/C12H24S2/c1-10-6-4-5-7-11(10)12(14-3)8-9-13-2/h10-12H,4-9H2,1-3H3. The topological polar surface area (TPSA) is 0 Å². The number of thioether (sulfide) groups is 2. The van der Waals surface area contributed by atoms with Crippen LogP contribution in [0.2, 0.25) is 0 Å². The van der Waals surface area contributed by atoms with E-state index in [2.05, 4.69) is 31.2 Å². The highest BCUT2D eigenvalue weighted by molar-refractivity contribution is 7.99. The van der Waals surface area contributed by atoms with Crippen molar-refractivity contribution in [3.63, 3.8) is 0 Å². The van der Waals surface area contributed by atoms with Gasteiger partial charge in [0.05, 0.1) is 0 Å². The molecule has 0 radical (unpaired) electrons. The van der Waals surface area contributed by atoms with E-state index in [-0.39, 0.29) is 0 Å². The Labute approximate surface area is 98.0 Å². The van der Waals surface area contributed by atoms with Crippen LogP contribution in [0.5, 0.6) is 0 Å². The Kier molecular flexibility index (Phi) is 6.43. The molecule has 1 fully saturated rings. The van der Waals surface area contributed by atoms with Gasteiger partial charge in [-0.05, 0) is 42.9 Å². The van der Waals surface area contributed by atoms with E-state index in [1.54, 1.807) is 0 Å². The summed E-state index contributed by atoms with van der Waals surface area (Å²) < 4.78 is 0. The fourth-order valence-electron chi connectivity index (χ4n) is 2.64.